The summed E-state index contributed by atoms with van der Waals surface area (Å²) in [4.78, 5) is 32.0. The van der Waals surface area contributed by atoms with Crippen molar-refractivity contribution >= 4 is 23.5 Å². The molecule has 2 aromatic carbocycles. The van der Waals surface area contributed by atoms with Gasteiger partial charge in [0.05, 0.1) is 18.2 Å². The van der Waals surface area contributed by atoms with Gasteiger partial charge in [-0.15, -0.1) is 0 Å². The Bertz CT molecular complexity index is 976. The van der Waals surface area contributed by atoms with Gasteiger partial charge in [-0.2, -0.15) is 0 Å². The molecule has 8 heteroatoms. The average Bonchev–Trinajstić information content (AvgIpc) is 2.73. The number of rotatable bonds is 6. The molecular weight excluding hydrogens is 363 g/mol. The molecule has 28 heavy (non-hydrogen) atoms. The van der Waals surface area contributed by atoms with Crippen LogP contribution in [0.3, 0.4) is 0 Å². The highest BCUT2D eigenvalue weighted by atomic mass is 19.1. The minimum absolute atomic E-state index is 0.263. The highest BCUT2D eigenvalue weighted by Crippen LogP contribution is 2.15. The smallest absolute Gasteiger partial charge is 0.337 e. The van der Waals surface area contributed by atoms with E-state index in [4.69, 9.17) is 0 Å². The first-order chi connectivity index (χ1) is 13.5. The third kappa shape index (κ3) is 4.88. The molecule has 3 rings (SSSR count). The molecule has 0 aliphatic carbocycles. The van der Waals surface area contributed by atoms with Gasteiger partial charge in [-0.1, -0.05) is 18.2 Å². The summed E-state index contributed by atoms with van der Waals surface area (Å²) in [6, 6.07) is 12.6. The maximum Gasteiger partial charge on any atom is 0.337 e. The van der Waals surface area contributed by atoms with Crippen molar-refractivity contribution in [3.05, 3.63) is 83.4 Å². The van der Waals surface area contributed by atoms with Crippen LogP contribution in [0.1, 0.15) is 26.3 Å². The van der Waals surface area contributed by atoms with Crippen LogP contribution in [0.15, 0.2) is 60.9 Å². The maximum absolute atomic E-state index is 12.9. The molecule has 0 saturated heterocycles. The predicted octanol–water partition coefficient (Wildman–Crippen LogP) is 3.08. The highest BCUT2D eigenvalue weighted by Gasteiger charge is 2.09. The second-order valence-electron chi connectivity index (χ2n) is 5.80. The van der Waals surface area contributed by atoms with Crippen LogP contribution in [0.5, 0.6) is 0 Å². The Morgan fingerprint density at radius 2 is 1.75 bits per heavy atom. The van der Waals surface area contributed by atoms with Crippen molar-refractivity contribution in [1.82, 2.24) is 15.3 Å². The summed E-state index contributed by atoms with van der Waals surface area (Å²) >= 11 is 0. The van der Waals surface area contributed by atoms with Crippen LogP contribution in [0.2, 0.25) is 0 Å². The van der Waals surface area contributed by atoms with Crippen molar-refractivity contribution < 1.29 is 18.7 Å². The Hall–Kier alpha value is -3.81. The molecule has 0 bridgehead atoms. The van der Waals surface area contributed by atoms with Gasteiger partial charge >= 0.3 is 5.97 Å². The highest BCUT2D eigenvalue weighted by molar-refractivity contribution is 5.93. The second-order valence-corrected chi connectivity index (χ2v) is 5.80. The average molecular weight is 380 g/mol. The molecule has 3 aromatic rings. The van der Waals surface area contributed by atoms with Gasteiger partial charge in [0.2, 0.25) is 5.95 Å². The van der Waals surface area contributed by atoms with Crippen molar-refractivity contribution in [2.75, 3.05) is 12.4 Å². The number of benzene rings is 2. The van der Waals surface area contributed by atoms with Crippen LogP contribution >= 0.6 is 0 Å². The summed E-state index contributed by atoms with van der Waals surface area (Å²) in [5, 5.41) is 5.67. The topological polar surface area (TPSA) is 93.2 Å². The molecule has 0 atom stereocenters. The lowest BCUT2D eigenvalue weighted by molar-refractivity contribution is 0.0600. The summed E-state index contributed by atoms with van der Waals surface area (Å²) in [5.41, 5.74) is 2.07. The number of carbonyl (C=O) groups excluding carboxylic acids is 2. The molecule has 0 radical (unpaired) electrons. The van der Waals surface area contributed by atoms with Crippen LogP contribution in [0, 0.1) is 5.82 Å². The maximum atomic E-state index is 12.9. The number of esters is 1. The van der Waals surface area contributed by atoms with E-state index in [1.54, 1.807) is 36.4 Å². The van der Waals surface area contributed by atoms with Crippen molar-refractivity contribution in [1.29, 1.82) is 0 Å². The van der Waals surface area contributed by atoms with Gasteiger partial charge < -0.3 is 15.4 Å². The molecular formula is C20H17FN4O3. The molecule has 0 aliphatic heterocycles. The third-order valence-electron chi connectivity index (χ3n) is 3.82. The Balaban J connectivity index is 1.60. The van der Waals surface area contributed by atoms with E-state index in [-0.39, 0.29) is 29.8 Å². The summed E-state index contributed by atoms with van der Waals surface area (Å²) in [7, 11) is 1.31. The fourth-order valence-corrected chi connectivity index (χ4v) is 2.37. The van der Waals surface area contributed by atoms with Gasteiger partial charge in [-0.25, -0.2) is 19.2 Å². The summed E-state index contributed by atoms with van der Waals surface area (Å²) < 4.78 is 17.6. The monoisotopic (exact) mass is 380 g/mol. The lowest BCUT2D eigenvalue weighted by Crippen LogP contribution is -2.23. The normalized spacial score (nSPS) is 10.2. The first kappa shape index (κ1) is 19.0. The number of aromatic nitrogens is 2. The van der Waals surface area contributed by atoms with Crippen LogP contribution < -0.4 is 10.6 Å². The summed E-state index contributed by atoms with van der Waals surface area (Å²) in [5.74, 6) is -0.845. The first-order valence-corrected chi connectivity index (χ1v) is 8.35. The first-order valence-electron chi connectivity index (χ1n) is 8.35. The largest absolute Gasteiger partial charge is 0.465 e. The molecule has 2 N–H and O–H groups in total. The fraction of sp³-hybridized carbons (Fsp3) is 0.100. The number of hydrogen-bond donors (Lipinski definition) is 2. The number of hydrogen-bond acceptors (Lipinski definition) is 6. The van der Waals surface area contributed by atoms with Crippen LogP contribution in [0.4, 0.5) is 16.0 Å². The lowest BCUT2D eigenvalue weighted by Gasteiger charge is -2.08. The van der Waals surface area contributed by atoms with E-state index < -0.39 is 5.97 Å². The molecule has 0 fully saturated rings. The minimum Gasteiger partial charge on any atom is -0.465 e. The number of ether oxygens (including phenoxy) is 1. The quantitative estimate of drug-likeness (QED) is 0.639. The molecule has 1 amide bonds. The molecule has 0 unspecified atom stereocenters. The molecule has 7 nitrogen and oxygen atoms in total. The zero-order valence-corrected chi connectivity index (χ0v) is 15.0. The second kappa shape index (κ2) is 8.72. The standard InChI is InChI=1S/C20H17FN4O3/c1-28-19(27)14-3-2-4-17(9-14)25-20-23-11-15(12-24-20)18(26)22-10-13-5-7-16(21)8-6-13/h2-9,11-12H,10H2,1H3,(H,22,26)(H,23,24,25). The zero-order chi connectivity index (χ0) is 19.9. The SMILES string of the molecule is COC(=O)c1cccc(Nc2ncc(C(=O)NCc3ccc(F)cc3)cn2)c1. The fourth-order valence-electron chi connectivity index (χ4n) is 2.37. The van der Waals surface area contributed by atoms with E-state index in [2.05, 4.69) is 25.3 Å². The Morgan fingerprint density at radius 3 is 2.43 bits per heavy atom. The van der Waals surface area contributed by atoms with Crippen molar-refractivity contribution in [3.8, 4) is 0 Å². The number of amides is 1. The Labute approximate surface area is 160 Å². The zero-order valence-electron chi connectivity index (χ0n) is 15.0. The number of nitrogens with one attached hydrogen (secondary N) is 2. The van der Waals surface area contributed by atoms with E-state index in [0.717, 1.165) is 5.56 Å². The van der Waals surface area contributed by atoms with Gasteiger partial charge in [-0.05, 0) is 35.9 Å². The minimum atomic E-state index is -0.447. The van der Waals surface area contributed by atoms with E-state index in [1.165, 1.54) is 31.6 Å². The molecule has 142 valence electrons. The van der Waals surface area contributed by atoms with E-state index in [9.17, 15) is 14.0 Å². The molecule has 0 aliphatic rings. The van der Waals surface area contributed by atoms with E-state index in [0.29, 0.717) is 11.3 Å². The number of halogens is 1. The number of nitrogens with zero attached hydrogens (tertiary/aromatic N) is 2. The number of carbonyl (C=O) groups is 2. The van der Waals surface area contributed by atoms with Gasteiger partial charge in [0.1, 0.15) is 5.82 Å². The van der Waals surface area contributed by atoms with Gasteiger partial charge in [0, 0.05) is 24.6 Å². The Kier molecular flexibility index (Phi) is 5.91. The third-order valence-corrected chi connectivity index (χ3v) is 3.82. The van der Waals surface area contributed by atoms with Gasteiger partial charge in [0.25, 0.3) is 5.91 Å². The molecule has 1 aromatic heterocycles. The van der Waals surface area contributed by atoms with Crippen LogP contribution in [-0.2, 0) is 11.3 Å². The number of methoxy groups -OCH3 is 1. The van der Waals surface area contributed by atoms with Crippen LogP contribution in [-0.4, -0.2) is 29.0 Å². The predicted molar refractivity (Wildman–Crippen MR) is 101 cm³/mol. The van der Waals surface area contributed by atoms with Gasteiger partial charge in [0.15, 0.2) is 0 Å². The summed E-state index contributed by atoms with van der Waals surface area (Å²) in [6.45, 7) is 0.263. The van der Waals surface area contributed by atoms with Crippen molar-refractivity contribution in [3.63, 3.8) is 0 Å². The molecule has 0 saturated carbocycles. The lowest BCUT2D eigenvalue weighted by atomic mass is 10.2. The summed E-state index contributed by atoms with van der Waals surface area (Å²) in [6.07, 6.45) is 2.78. The van der Waals surface area contributed by atoms with Crippen molar-refractivity contribution in [2.24, 2.45) is 0 Å². The van der Waals surface area contributed by atoms with Crippen LogP contribution in [0.25, 0.3) is 0 Å². The Morgan fingerprint density at radius 1 is 1.04 bits per heavy atom. The van der Waals surface area contributed by atoms with Gasteiger partial charge in [-0.3, -0.25) is 4.79 Å². The van der Waals surface area contributed by atoms with Crippen molar-refractivity contribution in [2.45, 2.75) is 6.54 Å². The number of anilines is 2. The molecule has 1 heterocycles. The van der Waals surface area contributed by atoms with E-state index >= 15 is 0 Å². The molecule has 0 spiro atoms. The van der Waals surface area contributed by atoms with E-state index in [1.807, 2.05) is 0 Å².